The van der Waals surface area contributed by atoms with Crippen LogP contribution < -0.4 is 21.6 Å². The van der Waals surface area contributed by atoms with Crippen molar-refractivity contribution in [3.63, 3.8) is 0 Å². The summed E-state index contributed by atoms with van der Waals surface area (Å²) < 4.78 is 50.6. The molecule has 2 aromatic heterocycles. The molecule has 0 saturated carbocycles. The molecule has 2 aliphatic heterocycles. The highest BCUT2D eigenvalue weighted by atomic mass is 31.2. The lowest BCUT2D eigenvalue weighted by Crippen LogP contribution is -2.44. The van der Waals surface area contributed by atoms with Gasteiger partial charge in [0.25, 0.3) is 17.3 Å². The molecule has 2 aliphatic rings. The first-order chi connectivity index (χ1) is 16.9. The molecule has 1 aromatic carbocycles. The summed E-state index contributed by atoms with van der Waals surface area (Å²) in [7, 11) is -4.32. The van der Waals surface area contributed by atoms with E-state index in [2.05, 4.69) is 9.97 Å². The van der Waals surface area contributed by atoms with Crippen LogP contribution in [0.2, 0.25) is 0 Å². The number of nitrogens with zero attached hydrogens (tertiary/aromatic N) is 2. The maximum absolute atomic E-state index is 15.9. The lowest BCUT2D eigenvalue weighted by molar-refractivity contribution is -0.236. The number of aromatic nitrogens is 3. The van der Waals surface area contributed by atoms with Crippen molar-refractivity contribution in [2.24, 2.45) is 5.73 Å². The van der Waals surface area contributed by atoms with E-state index in [9.17, 15) is 24.4 Å². The fraction of sp³-hybridized carbons (Fsp3) is 0.350. The lowest BCUT2D eigenvalue weighted by atomic mass is 10.0. The Morgan fingerprint density at radius 1 is 1.39 bits per heavy atom. The molecule has 0 aliphatic carbocycles. The Labute approximate surface area is 201 Å². The molecule has 5 rings (SSSR count). The summed E-state index contributed by atoms with van der Waals surface area (Å²) in [5.74, 6) is -4.30. The van der Waals surface area contributed by atoms with Gasteiger partial charge in [-0.15, -0.1) is 0 Å². The van der Waals surface area contributed by atoms with E-state index in [-0.39, 0.29) is 34.9 Å². The number of primary amides is 1. The maximum atomic E-state index is 15.9. The van der Waals surface area contributed by atoms with Crippen LogP contribution in [0.15, 0.2) is 35.3 Å². The second kappa shape index (κ2) is 8.09. The molecular formula is C20H21FN5O9P. The van der Waals surface area contributed by atoms with Crippen molar-refractivity contribution in [3.05, 3.63) is 51.9 Å². The van der Waals surface area contributed by atoms with Gasteiger partial charge in [-0.1, -0.05) is 18.2 Å². The van der Waals surface area contributed by atoms with Crippen LogP contribution >= 0.6 is 7.82 Å². The third-order valence-corrected chi connectivity index (χ3v) is 7.38. The number of amides is 1. The van der Waals surface area contributed by atoms with E-state index >= 15 is 4.39 Å². The summed E-state index contributed by atoms with van der Waals surface area (Å²) >= 11 is 0. The molecule has 14 nitrogen and oxygen atoms in total. The third kappa shape index (κ3) is 3.68. The third-order valence-electron chi connectivity index (χ3n) is 6.06. The van der Waals surface area contributed by atoms with Crippen LogP contribution in [0, 0.1) is 0 Å². The van der Waals surface area contributed by atoms with Gasteiger partial charge in [-0.2, -0.15) is 4.98 Å². The van der Waals surface area contributed by atoms with Gasteiger partial charge in [0.2, 0.25) is 5.95 Å². The molecule has 4 heterocycles. The second-order valence-corrected chi connectivity index (χ2v) is 10.0. The van der Waals surface area contributed by atoms with Crippen LogP contribution in [0.3, 0.4) is 0 Å². The minimum Gasteiger partial charge on any atom is -0.404 e. The van der Waals surface area contributed by atoms with E-state index in [4.69, 9.17) is 29.8 Å². The summed E-state index contributed by atoms with van der Waals surface area (Å²) in [6.07, 6.45) is -3.23. The summed E-state index contributed by atoms with van der Waals surface area (Å²) in [6, 6.07) is 6.54. The predicted molar refractivity (Wildman–Crippen MR) is 119 cm³/mol. The quantitative estimate of drug-likeness (QED) is 0.284. The number of phosphoric acid groups is 1. The van der Waals surface area contributed by atoms with Gasteiger partial charge >= 0.3 is 7.82 Å². The molecule has 0 spiro atoms. The number of hydrogen-bond acceptors (Lipinski definition) is 11. The number of aliphatic hydroxyl groups excluding tert-OH is 2. The van der Waals surface area contributed by atoms with Crippen molar-refractivity contribution in [3.8, 4) is 5.75 Å². The molecule has 0 radical (unpaired) electrons. The first-order valence-electron chi connectivity index (χ1n) is 10.5. The van der Waals surface area contributed by atoms with E-state index in [0.717, 1.165) is 17.7 Å². The number of phosphoric ester groups is 1. The smallest absolute Gasteiger partial charge is 0.404 e. The fourth-order valence-electron chi connectivity index (χ4n) is 4.21. The molecule has 1 unspecified atom stereocenters. The number of nitrogens with one attached hydrogen (secondary N) is 1. The van der Waals surface area contributed by atoms with Crippen LogP contribution in [0.25, 0.3) is 11.0 Å². The summed E-state index contributed by atoms with van der Waals surface area (Å²) in [4.78, 5) is 30.5. The Morgan fingerprint density at radius 3 is 2.83 bits per heavy atom. The second-order valence-electron chi connectivity index (χ2n) is 8.45. The van der Waals surface area contributed by atoms with Gasteiger partial charge in [0.1, 0.15) is 24.6 Å². The molecule has 3 aromatic rings. The number of aliphatic hydroxyl groups is 2. The zero-order valence-corrected chi connectivity index (χ0v) is 19.5. The van der Waals surface area contributed by atoms with Gasteiger partial charge in [0, 0.05) is 11.8 Å². The van der Waals surface area contributed by atoms with Crippen molar-refractivity contribution in [2.75, 3.05) is 12.3 Å². The largest absolute Gasteiger partial charge is 0.530 e. The molecule has 1 amide bonds. The van der Waals surface area contributed by atoms with E-state index in [1.807, 2.05) is 0 Å². The minimum absolute atomic E-state index is 0.136. The summed E-state index contributed by atoms with van der Waals surface area (Å²) in [5, 5.41) is 21.1. The van der Waals surface area contributed by atoms with Crippen LogP contribution in [-0.4, -0.2) is 55.3 Å². The lowest BCUT2D eigenvalue weighted by Gasteiger charge is -2.31. The molecule has 1 saturated heterocycles. The normalized spacial score (nSPS) is 31.8. The van der Waals surface area contributed by atoms with Gasteiger partial charge in [-0.25, -0.2) is 8.96 Å². The monoisotopic (exact) mass is 525 g/mol. The predicted octanol–water partition coefficient (Wildman–Crippen LogP) is 0.230. The number of halogens is 1. The highest BCUT2D eigenvalue weighted by molar-refractivity contribution is 7.49. The zero-order valence-electron chi connectivity index (χ0n) is 18.6. The van der Waals surface area contributed by atoms with Crippen molar-refractivity contribution in [1.29, 1.82) is 0 Å². The molecule has 16 heteroatoms. The van der Waals surface area contributed by atoms with E-state index in [1.54, 1.807) is 18.2 Å². The maximum Gasteiger partial charge on any atom is 0.530 e. The fourth-order valence-corrected chi connectivity index (χ4v) is 5.44. The summed E-state index contributed by atoms with van der Waals surface area (Å²) in [5.41, 5.74) is 8.01. The van der Waals surface area contributed by atoms with Crippen LogP contribution in [0.1, 0.15) is 22.8 Å². The first-order valence-corrected chi connectivity index (χ1v) is 12.0. The standard InChI is InChI=1S/C20H21FN5O9P/c1-19(26-6-10(15(22)29)12-16(26)24-18(23)25-17(12)30)13(27)14(28)20(21,35-19)8-33-36(31)32-7-9-4-2-3-5-11(9)34-36/h2-6,13-14,27-28H,7-8H2,1H3,(H2,22,29)(H3,23,24,25,30)/t13-,14+,19-,20-,36?/m1/s1. The number of H-pyrrole nitrogens is 1. The van der Waals surface area contributed by atoms with Gasteiger partial charge in [0.15, 0.2) is 11.4 Å². The number of benzene rings is 1. The number of ether oxygens (including phenoxy) is 1. The molecule has 192 valence electrons. The van der Waals surface area contributed by atoms with Gasteiger partial charge < -0.3 is 30.9 Å². The molecule has 36 heavy (non-hydrogen) atoms. The number of nitrogens with two attached hydrogens (primary N) is 2. The van der Waals surface area contributed by atoms with Crippen LogP contribution in [0.5, 0.6) is 5.75 Å². The number of fused-ring (bicyclic) bond motifs is 2. The number of hydrogen-bond donors (Lipinski definition) is 5. The van der Waals surface area contributed by atoms with Gasteiger partial charge in [0.05, 0.1) is 17.6 Å². The number of carbonyl (C=O) groups is 1. The number of alkyl halides is 1. The summed E-state index contributed by atoms with van der Waals surface area (Å²) in [6.45, 7) is -0.154. The topological polar surface area (TPSA) is 214 Å². The molecule has 7 N–H and O–H groups in total. The Morgan fingerprint density at radius 2 is 2.11 bits per heavy atom. The van der Waals surface area contributed by atoms with Crippen LogP contribution in [-0.2, 0) is 30.7 Å². The van der Waals surface area contributed by atoms with Crippen molar-refractivity contribution in [2.45, 2.75) is 37.3 Å². The number of aromatic amines is 1. The number of carbonyl (C=O) groups excluding carboxylic acids is 1. The van der Waals surface area contributed by atoms with Crippen molar-refractivity contribution in [1.82, 2.24) is 14.5 Å². The number of anilines is 1. The first kappa shape index (κ1) is 24.4. The number of rotatable bonds is 5. The van der Waals surface area contributed by atoms with Gasteiger partial charge in [-0.3, -0.25) is 28.2 Å². The van der Waals surface area contributed by atoms with Crippen molar-refractivity contribution < 1.29 is 42.3 Å². The van der Waals surface area contributed by atoms with E-state index < -0.39 is 49.7 Å². The van der Waals surface area contributed by atoms with Gasteiger partial charge in [-0.05, 0) is 13.0 Å². The average Bonchev–Trinajstić information content (AvgIpc) is 3.29. The zero-order chi connectivity index (χ0) is 26.0. The highest BCUT2D eigenvalue weighted by Crippen LogP contribution is 2.56. The van der Waals surface area contributed by atoms with Crippen LogP contribution in [0.4, 0.5) is 10.3 Å². The van der Waals surface area contributed by atoms with Crippen molar-refractivity contribution >= 4 is 30.7 Å². The van der Waals surface area contributed by atoms with E-state index in [1.165, 1.54) is 6.07 Å². The molecule has 5 atom stereocenters. The Balaban J connectivity index is 1.48. The Hall–Kier alpha value is -3.33. The minimum atomic E-state index is -4.32. The SMILES string of the molecule is C[C@@]1(n2cc(C(N)=O)c3c(=O)[nH]c(N)nc32)O[C@](F)(COP2(=O)OCc3ccccc3O2)[C@@H](O)[C@H]1O. The number of nitrogen functional groups attached to an aromatic ring is 1. The van der Waals surface area contributed by atoms with E-state index in [0.29, 0.717) is 5.56 Å². The highest BCUT2D eigenvalue weighted by Gasteiger charge is 2.63. The Kier molecular flexibility index (Phi) is 5.48. The number of para-hydroxylation sites is 1. The molecule has 1 fully saturated rings. The molecule has 0 bridgehead atoms. The average molecular weight is 525 g/mol. The Bertz CT molecular complexity index is 1490. The molecular weight excluding hydrogens is 504 g/mol.